The fourth-order valence-corrected chi connectivity index (χ4v) is 3.65. The fourth-order valence-electron chi connectivity index (χ4n) is 2.44. The van der Waals surface area contributed by atoms with Crippen LogP contribution in [0, 0.1) is 0 Å². The molecule has 86 valence electrons. The minimum absolute atomic E-state index is 0.195. The molecule has 1 unspecified atom stereocenters. The summed E-state index contributed by atoms with van der Waals surface area (Å²) in [5, 5.41) is 0. The second-order valence-corrected chi connectivity index (χ2v) is 5.81. The molecule has 2 heterocycles. The lowest BCUT2D eigenvalue weighted by atomic mass is 10.0. The van der Waals surface area contributed by atoms with Crippen molar-refractivity contribution in [1.82, 2.24) is 9.38 Å². The Morgan fingerprint density at radius 2 is 2.31 bits per heavy atom. The largest absolute Gasteiger partial charge is 0.328 e. The van der Waals surface area contributed by atoms with Crippen molar-refractivity contribution in [2.45, 2.75) is 45.1 Å². The molecular formula is C12H17N3S. The van der Waals surface area contributed by atoms with Gasteiger partial charge < -0.3 is 5.73 Å². The zero-order valence-electron chi connectivity index (χ0n) is 9.57. The van der Waals surface area contributed by atoms with E-state index in [1.807, 2.05) is 18.3 Å². The average molecular weight is 235 g/mol. The Hall–Kier alpha value is -0.870. The average Bonchev–Trinajstić information content (AvgIpc) is 2.73. The molecule has 2 aromatic heterocycles. The minimum Gasteiger partial charge on any atom is -0.328 e. The Balaban J connectivity index is 2.03. The van der Waals surface area contributed by atoms with Crippen LogP contribution in [0.2, 0.25) is 0 Å². The van der Waals surface area contributed by atoms with E-state index in [2.05, 4.69) is 15.6 Å². The molecule has 0 saturated heterocycles. The number of aromatic nitrogens is 2. The summed E-state index contributed by atoms with van der Waals surface area (Å²) in [6.07, 6.45) is 8.17. The number of aryl methyl sites for hydroxylation is 2. The van der Waals surface area contributed by atoms with E-state index in [-0.39, 0.29) is 6.04 Å². The Kier molecular flexibility index (Phi) is 2.48. The van der Waals surface area contributed by atoms with Crippen LogP contribution in [0.3, 0.4) is 0 Å². The molecule has 2 N–H and O–H groups in total. The summed E-state index contributed by atoms with van der Waals surface area (Å²) in [7, 11) is 0. The van der Waals surface area contributed by atoms with Crippen molar-refractivity contribution in [3.8, 4) is 0 Å². The van der Waals surface area contributed by atoms with Gasteiger partial charge in [0.15, 0.2) is 4.96 Å². The molecule has 0 aliphatic heterocycles. The smallest absolute Gasteiger partial charge is 0.194 e. The lowest BCUT2D eigenvalue weighted by Crippen LogP contribution is -2.17. The molecule has 16 heavy (non-hydrogen) atoms. The first kappa shape index (κ1) is 10.3. The summed E-state index contributed by atoms with van der Waals surface area (Å²) >= 11 is 1.86. The predicted octanol–water partition coefficient (Wildman–Crippen LogP) is 2.16. The molecule has 1 aliphatic carbocycles. The third-order valence-corrected chi connectivity index (χ3v) is 4.31. The Bertz CT molecular complexity index is 510. The molecule has 2 aromatic rings. The molecule has 0 aromatic carbocycles. The van der Waals surface area contributed by atoms with Gasteiger partial charge in [-0.25, -0.2) is 4.98 Å². The predicted molar refractivity (Wildman–Crippen MR) is 67.1 cm³/mol. The number of hydrogen-bond acceptors (Lipinski definition) is 3. The number of thiazole rings is 1. The molecule has 0 spiro atoms. The third-order valence-electron chi connectivity index (χ3n) is 3.15. The first-order chi connectivity index (χ1) is 7.74. The first-order valence-electron chi connectivity index (χ1n) is 5.98. The normalized spacial score (nSPS) is 17.6. The van der Waals surface area contributed by atoms with Crippen LogP contribution in [0.25, 0.3) is 4.96 Å². The van der Waals surface area contributed by atoms with E-state index in [0.29, 0.717) is 0 Å². The monoisotopic (exact) mass is 235 g/mol. The molecule has 0 fully saturated rings. The van der Waals surface area contributed by atoms with Crippen molar-refractivity contribution < 1.29 is 0 Å². The van der Waals surface area contributed by atoms with Crippen molar-refractivity contribution in [2.24, 2.45) is 5.73 Å². The number of fused-ring (bicyclic) bond motifs is 3. The van der Waals surface area contributed by atoms with Gasteiger partial charge in [-0.3, -0.25) is 4.40 Å². The third kappa shape index (κ3) is 1.66. The summed E-state index contributed by atoms with van der Waals surface area (Å²) < 4.78 is 2.29. The highest BCUT2D eigenvalue weighted by Gasteiger charge is 2.17. The van der Waals surface area contributed by atoms with E-state index in [4.69, 9.17) is 5.73 Å². The number of nitrogens with zero attached hydrogens (tertiary/aromatic N) is 2. The van der Waals surface area contributed by atoms with Gasteiger partial charge >= 0.3 is 0 Å². The Morgan fingerprint density at radius 3 is 3.12 bits per heavy atom. The lowest BCUT2D eigenvalue weighted by molar-refractivity contribution is 0.673. The van der Waals surface area contributed by atoms with Crippen LogP contribution in [0.15, 0.2) is 6.20 Å². The maximum atomic E-state index is 5.81. The summed E-state index contributed by atoms with van der Waals surface area (Å²) in [4.78, 5) is 7.36. The highest BCUT2D eigenvalue weighted by molar-refractivity contribution is 7.17. The van der Waals surface area contributed by atoms with Gasteiger partial charge in [-0.1, -0.05) is 0 Å². The number of imidazole rings is 1. The van der Waals surface area contributed by atoms with E-state index in [1.165, 1.54) is 31.4 Å². The summed E-state index contributed by atoms with van der Waals surface area (Å²) in [5.41, 5.74) is 8.44. The Labute approximate surface area is 99.3 Å². The van der Waals surface area contributed by atoms with Crippen LogP contribution in [0.5, 0.6) is 0 Å². The van der Waals surface area contributed by atoms with E-state index in [9.17, 15) is 0 Å². The molecule has 3 rings (SSSR count). The molecule has 4 heteroatoms. The van der Waals surface area contributed by atoms with Crippen LogP contribution < -0.4 is 5.73 Å². The molecular weight excluding hydrogens is 218 g/mol. The second-order valence-electron chi connectivity index (χ2n) is 4.75. The molecule has 0 radical (unpaired) electrons. The van der Waals surface area contributed by atoms with Gasteiger partial charge in [0.05, 0.1) is 5.69 Å². The van der Waals surface area contributed by atoms with Gasteiger partial charge in [0.1, 0.15) is 0 Å². The van der Waals surface area contributed by atoms with Gasteiger partial charge in [0, 0.05) is 29.2 Å². The van der Waals surface area contributed by atoms with Gasteiger partial charge in [-0.15, -0.1) is 11.3 Å². The summed E-state index contributed by atoms with van der Waals surface area (Å²) in [6.45, 7) is 2.03. The molecule has 3 nitrogen and oxygen atoms in total. The zero-order chi connectivity index (χ0) is 11.1. The molecule has 1 atom stereocenters. The minimum atomic E-state index is 0.195. The molecule has 1 aliphatic rings. The van der Waals surface area contributed by atoms with Crippen LogP contribution in [-0.4, -0.2) is 15.4 Å². The van der Waals surface area contributed by atoms with Gasteiger partial charge in [0.2, 0.25) is 0 Å². The van der Waals surface area contributed by atoms with Crippen molar-refractivity contribution in [1.29, 1.82) is 0 Å². The number of rotatable bonds is 2. The first-order valence-corrected chi connectivity index (χ1v) is 6.80. The van der Waals surface area contributed by atoms with Crippen molar-refractivity contribution in [3.05, 3.63) is 22.5 Å². The van der Waals surface area contributed by atoms with Crippen LogP contribution in [0.4, 0.5) is 0 Å². The van der Waals surface area contributed by atoms with Gasteiger partial charge in [-0.05, 0) is 32.6 Å². The number of hydrogen-bond donors (Lipinski definition) is 1. The lowest BCUT2D eigenvalue weighted by Gasteiger charge is -2.09. The highest BCUT2D eigenvalue weighted by Crippen LogP contribution is 2.30. The highest BCUT2D eigenvalue weighted by atomic mass is 32.1. The summed E-state index contributed by atoms with van der Waals surface area (Å²) in [6, 6.07) is 0.195. The molecule has 0 bridgehead atoms. The van der Waals surface area contributed by atoms with Gasteiger partial charge in [-0.2, -0.15) is 0 Å². The Morgan fingerprint density at radius 1 is 1.50 bits per heavy atom. The maximum Gasteiger partial charge on any atom is 0.194 e. The van der Waals surface area contributed by atoms with E-state index < -0.39 is 0 Å². The standard InChI is InChI=1S/C12H17N3S/c1-8(13)6-9-7-15-10-4-2-3-5-11(10)16-12(15)14-9/h7-8H,2-6,13H2,1H3. The van der Waals surface area contributed by atoms with E-state index in [1.54, 1.807) is 4.88 Å². The maximum absolute atomic E-state index is 5.81. The van der Waals surface area contributed by atoms with Crippen LogP contribution >= 0.6 is 11.3 Å². The molecule has 0 amide bonds. The molecule has 0 saturated carbocycles. The fraction of sp³-hybridized carbons (Fsp3) is 0.583. The van der Waals surface area contributed by atoms with E-state index in [0.717, 1.165) is 17.1 Å². The van der Waals surface area contributed by atoms with Crippen molar-refractivity contribution in [2.75, 3.05) is 0 Å². The van der Waals surface area contributed by atoms with Crippen molar-refractivity contribution >= 4 is 16.3 Å². The van der Waals surface area contributed by atoms with Gasteiger partial charge in [0.25, 0.3) is 0 Å². The van der Waals surface area contributed by atoms with Crippen molar-refractivity contribution in [3.63, 3.8) is 0 Å². The topological polar surface area (TPSA) is 43.3 Å². The second kappa shape index (κ2) is 3.86. The SMILES string of the molecule is CC(N)Cc1cn2c3c(sc2n1)CCCC3. The zero-order valence-corrected chi connectivity index (χ0v) is 10.4. The van der Waals surface area contributed by atoms with E-state index >= 15 is 0 Å². The van der Waals surface area contributed by atoms with Crippen LogP contribution in [-0.2, 0) is 19.3 Å². The summed E-state index contributed by atoms with van der Waals surface area (Å²) in [5.74, 6) is 0. The number of nitrogens with two attached hydrogens (primary N) is 1. The quantitative estimate of drug-likeness (QED) is 0.867. The van der Waals surface area contributed by atoms with Crippen LogP contribution in [0.1, 0.15) is 36.0 Å².